The molecule has 0 aliphatic rings. The van der Waals surface area contributed by atoms with Crippen LogP contribution in [0.1, 0.15) is 5.56 Å². The van der Waals surface area contributed by atoms with Crippen molar-refractivity contribution in [3.8, 4) is 16.9 Å². The predicted octanol–water partition coefficient (Wildman–Crippen LogP) is 1.79. The van der Waals surface area contributed by atoms with Crippen molar-refractivity contribution in [3.05, 3.63) is 42.0 Å². The number of aromatic amines is 1. The molecular formula is C13H12N4O. The van der Waals surface area contributed by atoms with Gasteiger partial charge in [0.15, 0.2) is 0 Å². The van der Waals surface area contributed by atoms with Gasteiger partial charge in [-0.2, -0.15) is 0 Å². The number of benzene rings is 2. The van der Waals surface area contributed by atoms with Gasteiger partial charge in [0.25, 0.3) is 0 Å². The van der Waals surface area contributed by atoms with Crippen LogP contribution in [0.25, 0.3) is 22.2 Å². The average Bonchev–Trinajstić information content (AvgIpc) is 2.87. The first-order chi connectivity index (χ1) is 8.79. The number of hydrogen-bond donors (Lipinski definition) is 3. The summed E-state index contributed by atoms with van der Waals surface area (Å²) in [7, 11) is 0. The van der Waals surface area contributed by atoms with Gasteiger partial charge in [-0.05, 0) is 23.8 Å². The molecule has 4 N–H and O–H groups in total. The maximum Gasteiger partial charge on any atom is 0.123 e. The first-order valence-electron chi connectivity index (χ1n) is 5.61. The van der Waals surface area contributed by atoms with Crippen molar-refractivity contribution >= 4 is 11.0 Å². The van der Waals surface area contributed by atoms with E-state index in [4.69, 9.17) is 5.73 Å². The Balaban J connectivity index is 2.28. The normalized spacial score (nSPS) is 10.9. The molecule has 3 rings (SSSR count). The molecule has 18 heavy (non-hydrogen) atoms. The van der Waals surface area contributed by atoms with E-state index in [2.05, 4.69) is 15.4 Å². The van der Waals surface area contributed by atoms with Crippen LogP contribution in [-0.4, -0.2) is 20.5 Å². The summed E-state index contributed by atoms with van der Waals surface area (Å²) >= 11 is 0. The van der Waals surface area contributed by atoms with Crippen molar-refractivity contribution < 1.29 is 5.11 Å². The van der Waals surface area contributed by atoms with Gasteiger partial charge in [0, 0.05) is 17.7 Å². The summed E-state index contributed by atoms with van der Waals surface area (Å²) in [5.74, 6) is 0.211. The Morgan fingerprint density at radius 1 is 1.17 bits per heavy atom. The minimum Gasteiger partial charge on any atom is -0.507 e. The third-order valence-electron chi connectivity index (χ3n) is 2.94. The van der Waals surface area contributed by atoms with Crippen molar-refractivity contribution in [3.63, 3.8) is 0 Å². The second-order valence-electron chi connectivity index (χ2n) is 4.07. The van der Waals surface area contributed by atoms with Crippen LogP contribution in [0.2, 0.25) is 0 Å². The van der Waals surface area contributed by atoms with E-state index in [1.54, 1.807) is 6.07 Å². The monoisotopic (exact) mass is 240 g/mol. The quantitative estimate of drug-likeness (QED) is 0.637. The molecule has 1 heterocycles. The van der Waals surface area contributed by atoms with Gasteiger partial charge in [-0.1, -0.05) is 23.4 Å². The van der Waals surface area contributed by atoms with E-state index in [9.17, 15) is 5.11 Å². The van der Waals surface area contributed by atoms with Crippen molar-refractivity contribution in [1.82, 2.24) is 15.4 Å². The second-order valence-corrected chi connectivity index (χ2v) is 4.07. The zero-order valence-electron chi connectivity index (χ0n) is 9.59. The van der Waals surface area contributed by atoms with Crippen LogP contribution in [0, 0.1) is 0 Å². The van der Waals surface area contributed by atoms with Gasteiger partial charge in [0.2, 0.25) is 0 Å². The minimum absolute atomic E-state index is 0.211. The summed E-state index contributed by atoms with van der Waals surface area (Å²) in [5, 5.41) is 20.6. The molecule has 0 aliphatic carbocycles. The fourth-order valence-electron chi connectivity index (χ4n) is 2.01. The van der Waals surface area contributed by atoms with Crippen LogP contribution in [0.4, 0.5) is 0 Å². The standard InChI is InChI=1S/C13H12N4O/c14-7-8-4-5-12(18)10(6-8)9-2-1-3-11-13(9)16-17-15-11/h1-6,18H,7,14H2,(H,15,16,17). The number of nitrogens with zero attached hydrogens (tertiary/aromatic N) is 2. The smallest absolute Gasteiger partial charge is 0.123 e. The molecule has 0 radical (unpaired) electrons. The van der Waals surface area contributed by atoms with E-state index in [-0.39, 0.29) is 5.75 Å². The topological polar surface area (TPSA) is 87.8 Å². The number of hydrogen-bond acceptors (Lipinski definition) is 4. The highest BCUT2D eigenvalue weighted by atomic mass is 16.3. The lowest BCUT2D eigenvalue weighted by molar-refractivity contribution is 0.477. The third-order valence-corrected chi connectivity index (χ3v) is 2.94. The highest BCUT2D eigenvalue weighted by Crippen LogP contribution is 2.33. The fraction of sp³-hybridized carbons (Fsp3) is 0.0769. The molecule has 2 aromatic carbocycles. The summed E-state index contributed by atoms with van der Waals surface area (Å²) in [6.07, 6.45) is 0. The Hall–Kier alpha value is -2.40. The molecule has 5 heteroatoms. The molecule has 5 nitrogen and oxygen atoms in total. The molecule has 0 atom stereocenters. The lowest BCUT2D eigenvalue weighted by Gasteiger charge is -2.07. The number of nitrogens with two attached hydrogens (primary N) is 1. The summed E-state index contributed by atoms with van der Waals surface area (Å²) in [6, 6.07) is 11.0. The van der Waals surface area contributed by atoms with E-state index in [0.29, 0.717) is 6.54 Å². The van der Waals surface area contributed by atoms with Crippen molar-refractivity contribution in [2.45, 2.75) is 6.54 Å². The van der Waals surface area contributed by atoms with E-state index in [0.717, 1.165) is 27.7 Å². The number of aromatic hydroxyl groups is 1. The maximum absolute atomic E-state index is 9.98. The summed E-state index contributed by atoms with van der Waals surface area (Å²) < 4.78 is 0. The molecule has 0 unspecified atom stereocenters. The van der Waals surface area contributed by atoms with Crippen LogP contribution in [-0.2, 0) is 6.54 Å². The first kappa shape index (κ1) is 10.7. The first-order valence-corrected chi connectivity index (χ1v) is 5.61. The molecule has 0 amide bonds. The largest absolute Gasteiger partial charge is 0.507 e. The lowest BCUT2D eigenvalue weighted by Crippen LogP contribution is -1.96. The Morgan fingerprint density at radius 3 is 2.89 bits per heavy atom. The zero-order chi connectivity index (χ0) is 12.5. The third kappa shape index (κ3) is 1.61. The van der Waals surface area contributed by atoms with Crippen LogP contribution >= 0.6 is 0 Å². The van der Waals surface area contributed by atoms with Gasteiger partial charge in [-0.15, -0.1) is 5.10 Å². The van der Waals surface area contributed by atoms with Crippen LogP contribution in [0.3, 0.4) is 0 Å². The van der Waals surface area contributed by atoms with Gasteiger partial charge in [-0.3, -0.25) is 5.10 Å². The molecule has 0 bridgehead atoms. The van der Waals surface area contributed by atoms with E-state index >= 15 is 0 Å². The minimum atomic E-state index is 0.211. The number of nitrogens with one attached hydrogen (secondary N) is 1. The number of rotatable bonds is 2. The summed E-state index contributed by atoms with van der Waals surface area (Å²) in [5.41, 5.74) is 9.72. The molecule has 0 spiro atoms. The molecule has 0 saturated carbocycles. The number of phenols is 1. The van der Waals surface area contributed by atoms with E-state index < -0.39 is 0 Å². The summed E-state index contributed by atoms with van der Waals surface area (Å²) in [6.45, 7) is 0.433. The molecule has 3 aromatic rings. The Bertz CT molecular complexity index is 705. The van der Waals surface area contributed by atoms with Gasteiger partial charge >= 0.3 is 0 Å². The number of H-pyrrole nitrogens is 1. The molecule has 90 valence electrons. The van der Waals surface area contributed by atoms with E-state index in [1.165, 1.54) is 0 Å². The molecule has 0 aliphatic heterocycles. The van der Waals surface area contributed by atoms with Crippen LogP contribution in [0.5, 0.6) is 5.75 Å². The van der Waals surface area contributed by atoms with Crippen molar-refractivity contribution in [2.75, 3.05) is 0 Å². The highest BCUT2D eigenvalue weighted by Gasteiger charge is 2.11. The predicted molar refractivity (Wildman–Crippen MR) is 68.9 cm³/mol. The Morgan fingerprint density at radius 2 is 2.06 bits per heavy atom. The van der Waals surface area contributed by atoms with Gasteiger partial charge in [-0.25, -0.2) is 0 Å². The fourth-order valence-corrected chi connectivity index (χ4v) is 2.01. The van der Waals surface area contributed by atoms with Gasteiger partial charge in [0.1, 0.15) is 11.3 Å². The second kappa shape index (κ2) is 4.12. The van der Waals surface area contributed by atoms with Gasteiger partial charge < -0.3 is 10.8 Å². The van der Waals surface area contributed by atoms with Crippen molar-refractivity contribution in [2.24, 2.45) is 5.73 Å². The highest BCUT2D eigenvalue weighted by molar-refractivity contribution is 5.92. The molecule has 0 fully saturated rings. The van der Waals surface area contributed by atoms with Crippen molar-refractivity contribution in [1.29, 1.82) is 0 Å². The Labute approximate surface area is 103 Å². The Kier molecular flexibility index (Phi) is 2.46. The van der Waals surface area contributed by atoms with Gasteiger partial charge in [0.05, 0.1) is 5.52 Å². The molecular weight excluding hydrogens is 228 g/mol. The molecule has 0 saturated heterocycles. The summed E-state index contributed by atoms with van der Waals surface area (Å²) in [4.78, 5) is 0. The SMILES string of the molecule is NCc1ccc(O)c(-c2cccc3[nH]nnc23)c1. The number of aromatic nitrogens is 3. The lowest BCUT2D eigenvalue weighted by atomic mass is 10.0. The number of fused-ring (bicyclic) bond motifs is 1. The number of phenolic OH excluding ortho intramolecular Hbond substituents is 1. The van der Waals surface area contributed by atoms with Crippen LogP contribution < -0.4 is 5.73 Å². The van der Waals surface area contributed by atoms with E-state index in [1.807, 2.05) is 30.3 Å². The van der Waals surface area contributed by atoms with Crippen LogP contribution in [0.15, 0.2) is 36.4 Å². The zero-order valence-corrected chi connectivity index (χ0v) is 9.59. The average molecular weight is 240 g/mol. The molecule has 1 aromatic heterocycles. The maximum atomic E-state index is 9.98.